The molecule has 0 aliphatic rings. The molecule has 0 spiro atoms. The monoisotopic (exact) mass is 689 g/mol. The van der Waals surface area contributed by atoms with Crippen LogP contribution in [0.3, 0.4) is 0 Å². The van der Waals surface area contributed by atoms with Gasteiger partial charge >= 0.3 is 0 Å². The number of nitrogens with zero attached hydrogens (tertiary/aromatic N) is 5. The number of hydrogen-bond acceptors (Lipinski definition) is 3. The van der Waals surface area contributed by atoms with Crippen LogP contribution in [0.25, 0.3) is 99.9 Å². The highest BCUT2D eigenvalue weighted by Gasteiger charge is 2.20. The second kappa shape index (κ2) is 12.1. The van der Waals surface area contributed by atoms with Crippen LogP contribution in [0.1, 0.15) is 0 Å². The van der Waals surface area contributed by atoms with Crippen LogP contribution in [0.4, 0.5) is 0 Å². The summed E-state index contributed by atoms with van der Waals surface area (Å²) >= 11 is 0. The molecule has 11 aromatic rings. The number of fused-ring (bicyclic) bond motifs is 8. The molecule has 252 valence electrons. The van der Waals surface area contributed by atoms with Gasteiger partial charge in [0.2, 0.25) is 5.95 Å². The van der Waals surface area contributed by atoms with Crippen molar-refractivity contribution in [3.05, 3.63) is 188 Å². The Hall–Kier alpha value is -7.37. The first kappa shape index (κ1) is 30.3. The number of para-hydroxylation sites is 2. The average Bonchev–Trinajstić information content (AvgIpc) is 3.77. The molecule has 0 amide bonds. The molecule has 3 heterocycles. The Labute approximate surface area is 311 Å². The molecule has 0 aliphatic carbocycles. The van der Waals surface area contributed by atoms with E-state index >= 15 is 0 Å². The summed E-state index contributed by atoms with van der Waals surface area (Å²) in [4.78, 5) is 15.2. The quantitative estimate of drug-likeness (QED) is 0.181. The van der Waals surface area contributed by atoms with Crippen molar-refractivity contribution in [2.24, 2.45) is 0 Å². The summed E-state index contributed by atoms with van der Waals surface area (Å²) in [5, 5.41) is 7.23. The molecule has 5 nitrogen and oxygen atoms in total. The van der Waals surface area contributed by atoms with Gasteiger partial charge in [0.1, 0.15) is 0 Å². The van der Waals surface area contributed by atoms with Crippen LogP contribution in [0.5, 0.6) is 0 Å². The second-order valence-corrected chi connectivity index (χ2v) is 13.7. The number of rotatable bonds is 5. The molecule has 0 saturated carbocycles. The van der Waals surface area contributed by atoms with E-state index in [9.17, 15) is 0 Å². The third-order valence-corrected chi connectivity index (χ3v) is 10.6. The highest BCUT2D eigenvalue weighted by Crippen LogP contribution is 2.40. The molecule has 0 saturated heterocycles. The maximum absolute atomic E-state index is 5.10. The molecule has 0 unspecified atom stereocenters. The van der Waals surface area contributed by atoms with Gasteiger partial charge in [-0.1, -0.05) is 146 Å². The lowest BCUT2D eigenvalue weighted by Crippen LogP contribution is -2.06. The predicted octanol–water partition coefficient (Wildman–Crippen LogP) is 12.2. The summed E-state index contributed by atoms with van der Waals surface area (Å²) in [7, 11) is 0. The van der Waals surface area contributed by atoms with Gasteiger partial charge in [0.25, 0.3) is 0 Å². The molecular weight excluding hydrogens is 659 g/mol. The summed E-state index contributed by atoms with van der Waals surface area (Å²) in [5.74, 6) is 1.86. The molecule has 54 heavy (non-hydrogen) atoms. The van der Waals surface area contributed by atoms with Gasteiger partial charge in [-0.05, 0) is 59.0 Å². The lowest BCUT2D eigenvalue weighted by Gasteiger charge is -2.11. The van der Waals surface area contributed by atoms with Gasteiger partial charge in [-0.2, -0.15) is 9.97 Å². The van der Waals surface area contributed by atoms with E-state index in [0.29, 0.717) is 17.6 Å². The normalized spacial score (nSPS) is 11.7. The molecule has 5 heteroatoms. The van der Waals surface area contributed by atoms with Crippen LogP contribution in [-0.2, 0) is 0 Å². The molecule has 0 N–H and O–H groups in total. The van der Waals surface area contributed by atoms with Gasteiger partial charge < -0.3 is 4.57 Å². The number of aromatic nitrogens is 5. The number of benzene rings is 8. The van der Waals surface area contributed by atoms with Crippen molar-refractivity contribution in [2.75, 3.05) is 0 Å². The highest BCUT2D eigenvalue weighted by molar-refractivity contribution is 6.19. The van der Waals surface area contributed by atoms with Crippen LogP contribution >= 0.6 is 0 Å². The van der Waals surface area contributed by atoms with E-state index in [2.05, 4.69) is 137 Å². The van der Waals surface area contributed by atoms with Crippen LogP contribution in [0, 0.1) is 0 Å². The maximum Gasteiger partial charge on any atom is 0.238 e. The Morgan fingerprint density at radius 3 is 1.50 bits per heavy atom. The SMILES string of the molecule is c1ccc(-c2nc(-c3ccccc3)nc(-n3c4ccccc4c4cc(-c5ccc6c(c5)c5ccc7ccccc7c5n6-c5ccccc5)ccc43)n2)cc1. The zero-order valence-electron chi connectivity index (χ0n) is 29.1. The van der Waals surface area contributed by atoms with Crippen molar-refractivity contribution >= 4 is 54.4 Å². The van der Waals surface area contributed by atoms with E-state index in [-0.39, 0.29) is 0 Å². The summed E-state index contributed by atoms with van der Waals surface area (Å²) < 4.78 is 4.59. The zero-order valence-corrected chi connectivity index (χ0v) is 29.1. The van der Waals surface area contributed by atoms with Crippen molar-refractivity contribution < 1.29 is 0 Å². The van der Waals surface area contributed by atoms with Crippen molar-refractivity contribution in [1.82, 2.24) is 24.1 Å². The van der Waals surface area contributed by atoms with Crippen LogP contribution in [0.15, 0.2) is 188 Å². The van der Waals surface area contributed by atoms with E-state index in [1.54, 1.807) is 0 Å². The van der Waals surface area contributed by atoms with E-state index in [1.807, 2.05) is 60.7 Å². The standard InChI is InChI=1S/C49H31N5/c1-4-15-33(16-5-1)47-50-48(34-17-6-2-7-18-34)52-49(51-47)54-43-23-13-12-22-39(43)41-30-35(26-29-45(41)54)36-25-28-44-42(31-36)40-27-24-32-14-10-11-21-38(32)46(40)53(44)37-19-8-3-9-20-37/h1-31H. The average molecular weight is 690 g/mol. The fraction of sp³-hybridized carbons (Fsp3) is 0. The molecule has 0 aliphatic heterocycles. The third-order valence-electron chi connectivity index (χ3n) is 10.6. The summed E-state index contributed by atoms with van der Waals surface area (Å²) in [6.45, 7) is 0. The van der Waals surface area contributed by atoms with Crippen molar-refractivity contribution in [3.8, 4) is 45.5 Å². The van der Waals surface area contributed by atoms with Gasteiger partial charge in [0.15, 0.2) is 11.6 Å². The van der Waals surface area contributed by atoms with Gasteiger partial charge in [0.05, 0.1) is 22.1 Å². The molecule has 0 fully saturated rings. The Morgan fingerprint density at radius 2 is 0.833 bits per heavy atom. The van der Waals surface area contributed by atoms with Crippen molar-refractivity contribution in [3.63, 3.8) is 0 Å². The van der Waals surface area contributed by atoms with Gasteiger partial charge in [-0.25, -0.2) is 4.98 Å². The molecule has 3 aromatic heterocycles. The third kappa shape index (κ3) is 4.76. The van der Waals surface area contributed by atoms with Crippen LogP contribution in [-0.4, -0.2) is 24.1 Å². The Kier molecular flexibility index (Phi) is 6.79. The predicted molar refractivity (Wildman–Crippen MR) is 222 cm³/mol. The Morgan fingerprint density at radius 1 is 0.315 bits per heavy atom. The Balaban J connectivity index is 1.12. The van der Waals surface area contributed by atoms with Crippen molar-refractivity contribution in [2.45, 2.75) is 0 Å². The lowest BCUT2D eigenvalue weighted by molar-refractivity contribution is 0.953. The highest BCUT2D eigenvalue weighted by atomic mass is 15.2. The van der Waals surface area contributed by atoms with E-state index in [1.165, 1.54) is 38.1 Å². The number of hydrogen-bond donors (Lipinski definition) is 0. The summed E-state index contributed by atoms with van der Waals surface area (Å²) in [6, 6.07) is 66.3. The van der Waals surface area contributed by atoms with Crippen LogP contribution < -0.4 is 0 Å². The molecule has 0 radical (unpaired) electrons. The lowest BCUT2D eigenvalue weighted by atomic mass is 10.00. The fourth-order valence-electron chi connectivity index (χ4n) is 8.07. The molecule has 0 atom stereocenters. The van der Waals surface area contributed by atoms with Gasteiger partial charge in [-0.15, -0.1) is 0 Å². The minimum Gasteiger partial charge on any atom is -0.309 e. The van der Waals surface area contributed by atoms with Gasteiger partial charge in [0, 0.05) is 43.7 Å². The second-order valence-electron chi connectivity index (χ2n) is 13.7. The minimum absolute atomic E-state index is 0.587. The fourth-order valence-corrected chi connectivity index (χ4v) is 8.07. The smallest absolute Gasteiger partial charge is 0.238 e. The molecule has 11 rings (SSSR count). The molecule has 0 bridgehead atoms. The maximum atomic E-state index is 5.10. The Bertz CT molecular complexity index is 3140. The van der Waals surface area contributed by atoms with Gasteiger partial charge in [-0.3, -0.25) is 4.57 Å². The first-order chi connectivity index (χ1) is 26.8. The zero-order chi connectivity index (χ0) is 35.6. The van der Waals surface area contributed by atoms with Crippen molar-refractivity contribution in [1.29, 1.82) is 0 Å². The molecule has 8 aromatic carbocycles. The first-order valence-electron chi connectivity index (χ1n) is 18.2. The minimum atomic E-state index is 0.587. The van der Waals surface area contributed by atoms with Crippen LogP contribution in [0.2, 0.25) is 0 Å². The largest absolute Gasteiger partial charge is 0.309 e. The van der Waals surface area contributed by atoms with E-state index in [0.717, 1.165) is 44.2 Å². The summed E-state index contributed by atoms with van der Waals surface area (Å²) in [6.07, 6.45) is 0. The summed E-state index contributed by atoms with van der Waals surface area (Å²) in [5.41, 5.74) is 9.86. The van der Waals surface area contributed by atoms with E-state index in [4.69, 9.17) is 15.0 Å². The molecular formula is C49H31N5. The first-order valence-corrected chi connectivity index (χ1v) is 18.2. The topological polar surface area (TPSA) is 48.5 Å². The van der Waals surface area contributed by atoms with E-state index < -0.39 is 0 Å².